The third-order valence-corrected chi connectivity index (χ3v) is 5.22. The number of ether oxygens (including phenoxy) is 1. The van der Waals surface area contributed by atoms with Crippen molar-refractivity contribution in [3.05, 3.63) is 78.4 Å². The molecule has 0 radical (unpaired) electrons. The van der Waals surface area contributed by atoms with Crippen LogP contribution in [0.1, 0.15) is 37.9 Å². The highest BCUT2D eigenvalue weighted by atomic mass is 32.1. The van der Waals surface area contributed by atoms with E-state index in [9.17, 15) is 14.4 Å². The molecule has 0 fully saturated rings. The van der Waals surface area contributed by atoms with Crippen LogP contribution in [0.5, 0.6) is 0 Å². The first-order valence-corrected chi connectivity index (χ1v) is 11.6. The summed E-state index contributed by atoms with van der Waals surface area (Å²) >= 11 is 4.26. The number of nitrogens with one attached hydrogen (secondary N) is 2. The van der Waals surface area contributed by atoms with Crippen LogP contribution in [0.3, 0.4) is 0 Å². The van der Waals surface area contributed by atoms with Gasteiger partial charge in [0.15, 0.2) is 0 Å². The van der Waals surface area contributed by atoms with Crippen molar-refractivity contribution in [2.45, 2.75) is 45.4 Å². The summed E-state index contributed by atoms with van der Waals surface area (Å²) in [5, 5.41) is 5.50. The molecule has 0 aliphatic rings. The maximum Gasteiger partial charge on any atom is 0.408 e. The molecule has 34 heavy (non-hydrogen) atoms. The van der Waals surface area contributed by atoms with E-state index in [0.717, 1.165) is 5.56 Å². The van der Waals surface area contributed by atoms with Crippen LogP contribution in [0, 0.1) is 6.92 Å². The smallest absolute Gasteiger partial charge is 0.408 e. The zero-order valence-electron chi connectivity index (χ0n) is 20.1. The van der Waals surface area contributed by atoms with E-state index >= 15 is 0 Å². The summed E-state index contributed by atoms with van der Waals surface area (Å²) in [6.45, 7) is 10.9. The molecule has 2 rings (SSSR count). The molecule has 0 saturated carbocycles. The molecule has 7 nitrogen and oxygen atoms in total. The number of amides is 3. The van der Waals surface area contributed by atoms with Crippen LogP contribution < -0.4 is 10.6 Å². The molecule has 2 aromatic carbocycles. The van der Waals surface area contributed by atoms with Crippen molar-refractivity contribution in [2.24, 2.45) is 0 Å². The first kappa shape index (κ1) is 27.0. The topological polar surface area (TPSA) is 87.7 Å². The monoisotopic (exact) mass is 483 g/mol. The van der Waals surface area contributed by atoms with Gasteiger partial charge in [-0.05, 0) is 44.9 Å². The number of thiol groups is 1. The zero-order chi connectivity index (χ0) is 25.3. The number of benzene rings is 2. The Morgan fingerprint density at radius 3 is 2.26 bits per heavy atom. The second-order valence-electron chi connectivity index (χ2n) is 8.78. The molecule has 0 aromatic heterocycles. The lowest BCUT2D eigenvalue weighted by molar-refractivity contribution is -0.139. The summed E-state index contributed by atoms with van der Waals surface area (Å²) < 4.78 is 5.29. The molecule has 0 aliphatic heterocycles. The van der Waals surface area contributed by atoms with E-state index in [1.54, 1.807) is 51.1 Å². The Labute approximate surface area is 207 Å². The van der Waals surface area contributed by atoms with Crippen LogP contribution in [0.4, 0.5) is 10.5 Å². The molecule has 0 aliphatic carbocycles. The molecule has 2 atom stereocenters. The molecule has 0 heterocycles. The molecule has 3 amide bonds. The van der Waals surface area contributed by atoms with Gasteiger partial charge >= 0.3 is 6.09 Å². The molecule has 2 N–H and O–H groups in total. The van der Waals surface area contributed by atoms with E-state index in [1.807, 2.05) is 31.2 Å². The molecule has 182 valence electrons. The van der Waals surface area contributed by atoms with Crippen LogP contribution in [0.25, 0.3) is 0 Å². The van der Waals surface area contributed by atoms with Gasteiger partial charge in [0.05, 0.1) is 0 Å². The standard InChI is InChI=1S/C26H33N3O4S/c1-6-16-29(24(31)21(17-34)28-25(32)33-26(3,4)5)22(19-13-8-7-9-14-19)23(30)27-20-15-11-10-12-18(20)2/h6-15,21-22,34H,1,16-17H2,2-5H3,(H,27,30)(H,28,32). The number of carbonyl (C=O) groups is 3. The predicted octanol–water partition coefficient (Wildman–Crippen LogP) is 4.51. The number of para-hydroxylation sites is 1. The predicted molar refractivity (Wildman–Crippen MR) is 138 cm³/mol. The Morgan fingerprint density at radius 2 is 1.71 bits per heavy atom. The number of hydrogen-bond acceptors (Lipinski definition) is 5. The lowest BCUT2D eigenvalue weighted by Crippen LogP contribution is -2.53. The molecule has 0 spiro atoms. The van der Waals surface area contributed by atoms with Crippen LogP contribution in [0.2, 0.25) is 0 Å². The number of hydrogen-bond donors (Lipinski definition) is 3. The molecule has 2 unspecified atom stereocenters. The van der Waals surface area contributed by atoms with E-state index < -0.39 is 29.7 Å². The fourth-order valence-electron chi connectivity index (χ4n) is 3.32. The van der Waals surface area contributed by atoms with E-state index in [4.69, 9.17) is 4.74 Å². The summed E-state index contributed by atoms with van der Waals surface area (Å²) in [5.74, 6) is -0.840. The van der Waals surface area contributed by atoms with Gasteiger partial charge in [-0.25, -0.2) is 4.79 Å². The number of alkyl carbamates (subject to hydrolysis) is 1. The van der Waals surface area contributed by atoms with Gasteiger partial charge in [-0.2, -0.15) is 12.6 Å². The van der Waals surface area contributed by atoms with Crippen molar-refractivity contribution in [3.63, 3.8) is 0 Å². The fourth-order valence-corrected chi connectivity index (χ4v) is 3.57. The first-order chi connectivity index (χ1) is 16.1. The van der Waals surface area contributed by atoms with Crippen molar-refractivity contribution < 1.29 is 19.1 Å². The zero-order valence-corrected chi connectivity index (χ0v) is 21.0. The average molecular weight is 484 g/mol. The van der Waals surface area contributed by atoms with Crippen molar-refractivity contribution >= 4 is 36.2 Å². The Kier molecular flexibility index (Phi) is 9.74. The molecule has 8 heteroatoms. The summed E-state index contributed by atoms with van der Waals surface area (Å²) in [7, 11) is 0. The van der Waals surface area contributed by atoms with Crippen molar-refractivity contribution in [1.29, 1.82) is 0 Å². The summed E-state index contributed by atoms with van der Waals surface area (Å²) in [6, 6.07) is 14.4. The minimum Gasteiger partial charge on any atom is -0.444 e. The molecule has 2 aromatic rings. The maximum atomic E-state index is 13.6. The van der Waals surface area contributed by atoms with Crippen LogP contribution >= 0.6 is 12.6 Å². The van der Waals surface area contributed by atoms with Crippen LogP contribution in [-0.2, 0) is 14.3 Å². The number of rotatable bonds is 9. The molecule has 0 saturated heterocycles. The second kappa shape index (κ2) is 12.3. The summed E-state index contributed by atoms with van der Waals surface area (Å²) in [5.41, 5.74) is 1.44. The van der Waals surface area contributed by atoms with E-state index in [1.165, 1.54) is 11.0 Å². The summed E-state index contributed by atoms with van der Waals surface area (Å²) in [4.78, 5) is 40.8. The van der Waals surface area contributed by atoms with Gasteiger partial charge in [-0.15, -0.1) is 6.58 Å². The quantitative estimate of drug-likeness (QED) is 0.362. The van der Waals surface area contributed by atoms with Gasteiger partial charge in [-0.3, -0.25) is 9.59 Å². The highest BCUT2D eigenvalue weighted by Gasteiger charge is 2.35. The van der Waals surface area contributed by atoms with Crippen LogP contribution in [0.15, 0.2) is 67.3 Å². The van der Waals surface area contributed by atoms with Crippen molar-refractivity contribution in [2.75, 3.05) is 17.6 Å². The maximum absolute atomic E-state index is 13.6. The molecular formula is C26H33N3O4S. The van der Waals surface area contributed by atoms with Gasteiger partial charge in [0, 0.05) is 18.0 Å². The third-order valence-electron chi connectivity index (χ3n) is 4.86. The Morgan fingerprint density at radius 1 is 1.09 bits per heavy atom. The van der Waals surface area contributed by atoms with E-state index in [0.29, 0.717) is 11.3 Å². The normalized spacial score (nSPS) is 12.7. The highest BCUT2D eigenvalue weighted by Crippen LogP contribution is 2.25. The minimum absolute atomic E-state index is 0.0205. The Balaban J connectivity index is 2.40. The van der Waals surface area contributed by atoms with Crippen LogP contribution in [-0.4, -0.2) is 46.7 Å². The van der Waals surface area contributed by atoms with Crippen molar-refractivity contribution in [1.82, 2.24) is 10.2 Å². The number of aryl methyl sites for hydroxylation is 1. The lowest BCUT2D eigenvalue weighted by atomic mass is 10.0. The highest BCUT2D eigenvalue weighted by molar-refractivity contribution is 7.80. The van der Waals surface area contributed by atoms with E-state index in [2.05, 4.69) is 29.8 Å². The third kappa shape index (κ3) is 7.66. The second-order valence-corrected chi connectivity index (χ2v) is 9.14. The average Bonchev–Trinajstić information content (AvgIpc) is 2.78. The van der Waals surface area contributed by atoms with Gasteiger partial charge in [0.25, 0.3) is 5.91 Å². The van der Waals surface area contributed by atoms with E-state index in [-0.39, 0.29) is 18.2 Å². The SMILES string of the molecule is C=CCN(C(=O)C(CS)NC(=O)OC(C)(C)C)C(C(=O)Nc1ccccc1C)c1ccccc1. The largest absolute Gasteiger partial charge is 0.444 e. The van der Waals surface area contributed by atoms with Gasteiger partial charge < -0.3 is 20.3 Å². The van der Waals surface area contributed by atoms with Gasteiger partial charge in [-0.1, -0.05) is 54.6 Å². The molecule has 0 bridgehead atoms. The molecular weight excluding hydrogens is 450 g/mol. The Bertz CT molecular complexity index is 1000. The number of nitrogens with zero attached hydrogens (tertiary/aromatic N) is 1. The minimum atomic E-state index is -1.00. The van der Waals surface area contributed by atoms with Gasteiger partial charge in [0.2, 0.25) is 5.91 Å². The summed E-state index contributed by atoms with van der Waals surface area (Å²) in [6.07, 6.45) is 0.803. The van der Waals surface area contributed by atoms with Gasteiger partial charge in [0.1, 0.15) is 17.7 Å². The number of anilines is 1. The fraction of sp³-hybridized carbons (Fsp3) is 0.346. The van der Waals surface area contributed by atoms with Crippen molar-refractivity contribution in [3.8, 4) is 0 Å². The lowest BCUT2D eigenvalue weighted by Gasteiger charge is -2.33. The number of carbonyl (C=O) groups excluding carboxylic acids is 3. The first-order valence-electron chi connectivity index (χ1n) is 11.0. The Hall–Kier alpha value is -3.26.